The summed E-state index contributed by atoms with van der Waals surface area (Å²) < 4.78 is 12.0. The third-order valence-corrected chi connectivity index (χ3v) is 4.91. The predicted molar refractivity (Wildman–Crippen MR) is 82.2 cm³/mol. The van der Waals surface area contributed by atoms with Crippen LogP contribution in [0.15, 0.2) is 28.7 Å². The Labute approximate surface area is 124 Å². The Bertz CT molecular complexity index is 651. The smallest absolute Gasteiger partial charge is 0.137 e. The Balaban J connectivity index is 1.58. The van der Waals surface area contributed by atoms with E-state index in [1.807, 2.05) is 0 Å². The van der Waals surface area contributed by atoms with Gasteiger partial charge in [0.1, 0.15) is 11.3 Å². The summed E-state index contributed by atoms with van der Waals surface area (Å²) in [5.74, 6) is 0.835. The summed E-state index contributed by atoms with van der Waals surface area (Å²) in [6.45, 7) is 4.96. The zero-order chi connectivity index (χ0) is 14.4. The Kier molecular flexibility index (Phi) is 3.25. The van der Waals surface area contributed by atoms with Gasteiger partial charge >= 0.3 is 0 Å². The lowest BCUT2D eigenvalue weighted by molar-refractivity contribution is -0.0620. The summed E-state index contributed by atoms with van der Waals surface area (Å²) in [6.07, 6.45) is 2.56. The van der Waals surface area contributed by atoms with E-state index in [-0.39, 0.29) is 12.1 Å². The molecule has 1 aromatic heterocycles. The molecule has 4 nitrogen and oxygen atoms in total. The summed E-state index contributed by atoms with van der Waals surface area (Å²) >= 11 is 0. The average Bonchev–Trinajstić information content (AvgIpc) is 3.12. The third-order valence-electron chi connectivity index (χ3n) is 4.91. The van der Waals surface area contributed by atoms with Crippen LogP contribution < -0.4 is 5.73 Å². The molecule has 2 aliphatic rings. The number of hydrogen-bond acceptors (Lipinski definition) is 4. The van der Waals surface area contributed by atoms with Crippen LogP contribution in [-0.2, 0) is 4.74 Å². The van der Waals surface area contributed by atoms with Crippen molar-refractivity contribution in [1.82, 2.24) is 4.90 Å². The molecule has 0 bridgehead atoms. The van der Waals surface area contributed by atoms with Gasteiger partial charge in [0.2, 0.25) is 0 Å². The van der Waals surface area contributed by atoms with Gasteiger partial charge in [0.15, 0.2) is 0 Å². The second-order valence-corrected chi connectivity index (χ2v) is 6.33. The van der Waals surface area contributed by atoms with Gasteiger partial charge in [-0.15, -0.1) is 0 Å². The second kappa shape index (κ2) is 5.13. The molecule has 1 aromatic carbocycles. The van der Waals surface area contributed by atoms with Gasteiger partial charge < -0.3 is 14.9 Å². The van der Waals surface area contributed by atoms with Crippen molar-refractivity contribution in [2.45, 2.75) is 38.0 Å². The standard InChI is InChI=1S/C17H22N2O2/c1-11-4-2-5-12-8-14(21-17(11)12)16(18)15-9-19-7-3-6-13(19)10-20-15/h2,4-5,8,13,15-16H,3,6-7,9-10,18H2,1H3. The van der Waals surface area contributed by atoms with Crippen molar-refractivity contribution in [2.75, 3.05) is 19.7 Å². The lowest BCUT2D eigenvalue weighted by Crippen LogP contribution is -2.49. The molecule has 3 atom stereocenters. The highest BCUT2D eigenvalue weighted by Crippen LogP contribution is 2.31. The Morgan fingerprint density at radius 1 is 1.38 bits per heavy atom. The first-order chi connectivity index (χ1) is 10.2. The minimum Gasteiger partial charge on any atom is -0.459 e. The van der Waals surface area contributed by atoms with Gasteiger partial charge in [-0.05, 0) is 37.9 Å². The molecule has 2 aromatic rings. The second-order valence-electron chi connectivity index (χ2n) is 6.33. The number of furan rings is 1. The van der Waals surface area contributed by atoms with Gasteiger partial charge in [-0.25, -0.2) is 0 Å². The van der Waals surface area contributed by atoms with E-state index in [4.69, 9.17) is 14.9 Å². The molecule has 3 unspecified atom stereocenters. The number of ether oxygens (including phenoxy) is 1. The summed E-state index contributed by atoms with van der Waals surface area (Å²) in [4.78, 5) is 2.52. The van der Waals surface area contributed by atoms with Crippen LogP contribution in [0.2, 0.25) is 0 Å². The van der Waals surface area contributed by atoms with E-state index < -0.39 is 0 Å². The van der Waals surface area contributed by atoms with Gasteiger partial charge in [-0.3, -0.25) is 4.90 Å². The van der Waals surface area contributed by atoms with Crippen molar-refractivity contribution in [3.63, 3.8) is 0 Å². The lowest BCUT2D eigenvalue weighted by atomic mass is 10.1. The normalized spacial score (nSPS) is 27.9. The van der Waals surface area contributed by atoms with Crippen molar-refractivity contribution in [3.8, 4) is 0 Å². The zero-order valence-corrected chi connectivity index (χ0v) is 12.4. The predicted octanol–water partition coefficient (Wildman–Crippen LogP) is 2.60. The largest absolute Gasteiger partial charge is 0.459 e. The van der Waals surface area contributed by atoms with Crippen LogP contribution in [0.25, 0.3) is 11.0 Å². The highest BCUT2D eigenvalue weighted by molar-refractivity contribution is 5.81. The SMILES string of the molecule is Cc1cccc2cc(C(N)C3CN4CCCC4CO3)oc12. The summed E-state index contributed by atoms with van der Waals surface area (Å²) in [6, 6.07) is 8.65. The minimum absolute atomic E-state index is 0.0280. The fourth-order valence-corrected chi connectivity index (χ4v) is 3.64. The highest BCUT2D eigenvalue weighted by atomic mass is 16.5. The first kappa shape index (κ1) is 13.3. The number of aryl methyl sites for hydroxylation is 1. The van der Waals surface area contributed by atoms with Crippen molar-refractivity contribution < 1.29 is 9.15 Å². The van der Waals surface area contributed by atoms with Gasteiger partial charge in [-0.2, -0.15) is 0 Å². The summed E-state index contributed by atoms with van der Waals surface area (Å²) in [7, 11) is 0. The Morgan fingerprint density at radius 2 is 2.29 bits per heavy atom. The number of hydrogen-bond donors (Lipinski definition) is 1. The number of rotatable bonds is 2. The molecule has 0 radical (unpaired) electrons. The first-order valence-electron chi connectivity index (χ1n) is 7.82. The summed E-state index contributed by atoms with van der Waals surface area (Å²) in [5, 5.41) is 1.12. The number of fused-ring (bicyclic) bond motifs is 2. The molecule has 21 heavy (non-hydrogen) atoms. The van der Waals surface area contributed by atoms with Gasteiger partial charge in [0.05, 0.1) is 18.8 Å². The minimum atomic E-state index is -0.196. The number of benzene rings is 1. The quantitative estimate of drug-likeness (QED) is 0.922. The molecule has 2 fully saturated rings. The number of nitrogens with two attached hydrogens (primary N) is 1. The monoisotopic (exact) mass is 286 g/mol. The maximum atomic E-state index is 6.42. The first-order valence-corrected chi connectivity index (χ1v) is 7.82. The van der Waals surface area contributed by atoms with Crippen molar-refractivity contribution in [1.29, 1.82) is 0 Å². The molecule has 0 amide bonds. The van der Waals surface area contributed by atoms with E-state index in [9.17, 15) is 0 Å². The van der Waals surface area contributed by atoms with Crippen LogP contribution >= 0.6 is 0 Å². The molecule has 4 rings (SSSR count). The molecule has 2 saturated heterocycles. The molecular weight excluding hydrogens is 264 g/mol. The maximum Gasteiger partial charge on any atom is 0.137 e. The van der Waals surface area contributed by atoms with Gasteiger partial charge in [0, 0.05) is 18.0 Å². The molecular formula is C17H22N2O2. The lowest BCUT2D eigenvalue weighted by Gasteiger charge is -2.37. The van der Waals surface area contributed by atoms with Crippen LogP contribution in [0.4, 0.5) is 0 Å². The topological polar surface area (TPSA) is 51.6 Å². The van der Waals surface area contributed by atoms with Gasteiger partial charge in [0.25, 0.3) is 0 Å². The van der Waals surface area contributed by atoms with Crippen LogP contribution in [-0.4, -0.2) is 36.7 Å². The van der Waals surface area contributed by atoms with Crippen molar-refractivity contribution in [3.05, 3.63) is 35.6 Å². The van der Waals surface area contributed by atoms with Crippen LogP contribution in [0, 0.1) is 6.92 Å². The number of para-hydroxylation sites is 1. The van der Waals surface area contributed by atoms with Crippen LogP contribution in [0.5, 0.6) is 0 Å². The molecule has 0 spiro atoms. The molecule has 2 N–H and O–H groups in total. The maximum absolute atomic E-state index is 6.42. The van der Waals surface area contributed by atoms with E-state index in [2.05, 4.69) is 36.1 Å². The fourth-order valence-electron chi connectivity index (χ4n) is 3.64. The van der Waals surface area contributed by atoms with E-state index in [1.54, 1.807) is 0 Å². The molecule has 2 aliphatic heterocycles. The molecule has 112 valence electrons. The van der Waals surface area contributed by atoms with Crippen molar-refractivity contribution in [2.24, 2.45) is 5.73 Å². The average molecular weight is 286 g/mol. The number of nitrogens with zero attached hydrogens (tertiary/aromatic N) is 1. The Hall–Kier alpha value is -1.36. The van der Waals surface area contributed by atoms with E-state index in [0.717, 1.165) is 35.4 Å². The third kappa shape index (κ3) is 2.27. The van der Waals surface area contributed by atoms with E-state index in [0.29, 0.717) is 6.04 Å². The molecule has 3 heterocycles. The summed E-state index contributed by atoms with van der Waals surface area (Å²) in [5.41, 5.74) is 8.51. The van der Waals surface area contributed by atoms with Crippen LogP contribution in [0.1, 0.15) is 30.2 Å². The van der Waals surface area contributed by atoms with E-state index >= 15 is 0 Å². The molecule has 4 heteroatoms. The van der Waals surface area contributed by atoms with Crippen molar-refractivity contribution >= 4 is 11.0 Å². The Morgan fingerprint density at radius 3 is 3.14 bits per heavy atom. The fraction of sp³-hybridized carbons (Fsp3) is 0.529. The highest BCUT2D eigenvalue weighted by Gasteiger charge is 2.36. The van der Waals surface area contributed by atoms with Gasteiger partial charge in [-0.1, -0.05) is 18.2 Å². The zero-order valence-electron chi connectivity index (χ0n) is 12.4. The molecule has 0 aliphatic carbocycles. The molecule has 0 saturated carbocycles. The van der Waals surface area contributed by atoms with Crippen LogP contribution in [0.3, 0.4) is 0 Å². The van der Waals surface area contributed by atoms with E-state index in [1.165, 1.54) is 19.4 Å². The number of morpholine rings is 1.